The average Bonchev–Trinajstić information content (AvgIpc) is 3.71. The fourth-order valence-corrected chi connectivity index (χ4v) is 5.69. The third-order valence-corrected chi connectivity index (χ3v) is 7.90. The summed E-state index contributed by atoms with van der Waals surface area (Å²) in [5, 5.41) is 14.6. The zero-order valence-corrected chi connectivity index (χ0v) is 22.9. The number of carbonyl (C=O) groups is 1. The number of aliphatic hydroxyl groups excluding tert-OH is 1. The topological polar surface area (TPSA) is 96.4 Å². The number of pyridine rings is 1. The minimum absolute atomic E-state index is 0.0768. The first-order valence-corrected chi connectivity index (χ1v) is 14.3. The van der Waals surface area contributed by atoms with E-state index in [1.807, 2.05) is 30.3 Å². The molecule has 41 heavy (non-hydrogen) atoms. The molecule has 3 aromatic rings. The Morgan fingerprint density at radius 3 is 2.63 bits per heavy atom. The number of nitrogens with one attached hydrogen (secondary N) is 1. The van der Waals surface area contributed by atoms with Crippen LogP contribution in [0, 0.1) is 11.7 Å². The van der Waals surface area contributed by atoms with Crippen LogP contribution in [0.4, 0.5) is 10.2 Å². The summed E-state index contributed by atoms with van der Waals surface area (Å²) in [4.78, 5) is 22.5. The van der Waals surface area contributed by atoms with Gasteiger partial charge in [0.1, 0.15) is 36.7 Å². The highest BCUT2D eigenvalue weighted by molar-refractivity contribution is 5.80. The van der Waals surface area contributed by atoms with Crippen molar-refractivity contribution in [3.63, 3.8) is 0 Å². The highest BCUT2D eigenvalue weighted by Gasteiger charge is 2.33. The number of anilines is 1. The fourth-order valence-electron chi connectivity index (χ4n) is 5.69. The van der Waals surface area contributed by atoms with Gasteiger partial charge < -0.3 is 34.4 Å². The molecule has 0 saturated carbocycles. The molecule has 3 aliphatic rings. The molecule has 3 aliphatic heterocycles. The summed E-state index contributed by atoms with van der Waals surface area (Å²) in [6.07, 6.45) is 2.02. The maximum Gasteiger partial charge on any atom is 0.225 e. The molecule has 1 amide bonds. The van der Waals surface area contributed by atoms with E-state index >= 15 is 0 Å². The summed E-state index contributed by atoms with van der Waals surface area (Å²) in [7, 11) is 0. The number of ether oxygens (including phenoxy) is 3. The highest BCUT2D eigenvalue weighted by Crippen LogP contribution is 2.34. The molecule has 3 atom stereocenters. The van der Waals surface area contributed by atoms with E-state index in [1.165, 1.54) is 12.1 Å². The third-order valence-electron chi connectivity index (χ3n) is 7.90. The normalized spacial score (nSPS) is 20.0. The summed E-state index contributed by atoms with van der Waals surface area (Å²) in [5.41, 5.74) is 0.689. The number of rotatable bonds is 9. The van der Waals surface area contributed by atoms with E-state index in [0.29, 0.717) is 73.8 Å². The minimum Gasteiger partial charge on any atom is -0.486 e. The van der Waals surface area contributed by atoms with Gasteiger partial charge in [-0.2, -0.15) is 4.98 Å². The zero-order chi connectivity index (χ0) is 28.2. The van der Waals surface area contributed by atoms with Crippen LogP contribution in [-0.4, -0.2) is 72.9 Å². The van der Waals surface area contributed by atoms with Crippen molar-refractivity contribution in [1.29, 1.82) is 0 Å². The molecule has 216 valence electrons. The predicted octanol–water partition coefficient (Wildman–Crippen LogP) is 3.92. The lowest BCUT2D eigenvalue weighted by Gasteiger charge is -2.30. The quantitative estimate of drug-likeness (QED) is 0.405. The number of benzene rings is 2. The second-order valence-corrected chi connectivity index (χ2v) is 10.8. The van der Waals surface area contributed by atoms with Crippen molar-refractivity contribution >= 4 is 11.7 Å². The lowest BCUT2D eigenvalue weighted by Crippen LogP contribution is -2.48. The van der Waals surface area contributed by atoms with Gasteiger partial charge >= 0.3 is 0 Å². The van der Waals surface area contributed by atoms with Crippen LogP contribution in [0.25, 0.3) is 0 Å². The molecule has 6 rings (SSSR count). The van der Waals surface area contributed by atoms with Gasteiger partial charge in [0.05, 0.1) is 12.0 Å². The van der Waals surface area contributed by atoms with E-state index in [0.717, 1.165) is 25.9 Å². The van der Waals surface area contributed by atoms with Crippen LogP contribution in [0.5, 0.6) is 23.1 Å². The van der Waals surface area contributed by atoms with Crippen LogP contribution in [-0.2, 0) is 4.79 Å². The van der Waals surface area contributed by atoms with Crippen molar-refractivity contribution in [2.75, 3.05) is 50.8 Å². The predicted molar refractivity (Wildman–Crippen MR) is 151 cm³/mol. The Morgan fingerprint density at radius 2 is 1.83 bits per heavy atom. The van der Waals surface area contributed by atoms with Crippen molar-refractivity contribution in [3.8, 4) is 23.1 Å². The van der Waals surface area contributed by atoms with Crippen LogP contribution in [0.3, 0.4) is 0 Å². The Balaban J connectivity index is 1.11. The molecule has 0 bridgehead atoms. The van der Waals surface area contributed by atoms with Crippen molar-refractivity contribution in [1.82, 2.24) is 15.2 Å². The van der Waals surface area contributed by atoms with Gasteiger partial charge in [-0.15, -0.1) is 0 Å². The Kier molecular flexibility index (Phi) is 8.20. The number of hydrogen-bond donors (Lipinski definition) is 2. The average molecular weight is 563 g/mol. The second-order valence-electron chi connectivity index (χ2n) is 10.8. The van der Waals surface area contributed by atoms with E-state index in [-0.39, 0.29) is 17.6 Å². The molecule has 2 saturated heterocycles. The Hall–Kier alpha value is -3.89. The Labute approximate surface area is 238 Å². The van der Waals surface area contributed by atoms with E-state index in [2.05, 4.69) is 20.1 Å². The molecule has 0 aliphatic carbocycles. The zero-order valence-electron chi connectivity index (χ0n) is 22.9. The van der Waals surface area contributed by atoms with Gasteiger partial charge in [0, 0.05) is 25.7 Å². The SMILES string of the molecule is O=C(N[C@H](CN1CCCC1)[C@H](O)c1ccc2c(c1)OCCO2)[C@@H]1CCN(c2cccc(Oc3ccc(F)cc3)n2)C1. The third kappa shape index (κ3) is 6.55. The fraction of sp³-hybridized carbons (Fsp3) is 0.419. The molecule has 2 N–H and O–H groups in total. The van der Waals surface area contributed by atoms with Crippen molar-refractivity contribution in [3.05, 3.63) is 72.0 Å². The van der Waals surface area contributed by atoms with E-state index < -0.39 is 12.1 Å². The van der Waals surface area contributed by atoms with Crippen molar-refractivity contribution in [2.45, 2.75) is 31.4 Å². The van der Waals surface area contributed by atoms with E-state index in [9.17, 15) is 14.3 Å². The van der Waals surface area contributed by atoms with Gasteiger partial charge in [-0.1, -0.05) is 12.1 Å². The van der Waals surface area contributed by atoms with Gasteiger partial charge in [-0.25, -0.2) is 4.39 Å². The number of nitrogens with zero attached hydrogens (tertiary/aromatic N) is 3. The first kappa shape index (κ1) is 27.3. The lowest BCUT2D eigenvalue weighted by atomic mass is 9.99. The molecule has 1 aromatic heterocycles. The number of aromatic nitrogens is 1. The van der Waals surface area contributed by atoms with Crippen LogP contribution >= 0.6 is 0 Å². The Bertz CT molecular complexity index is 1350. The van der Waals surface area contributed by atoms with Gasteiger partial charge in [0.2, 0.25) is 11.8 Å². The smallest absolute Gasteiger partial charge is 0.225 e. The number of aliphatic hydroxyl groups is 1. The molecular weight excluding hydrogens is 527 g/mol. The van der Waals surface area contributed by atoms with E-state index in [4.69, 9.17) is 14.2 Å². The molecule has 4 heterocycles. The van der Waals surface area contributed by atoms with Crippen LogP contribution in [0.2, 0.25) is 0 Å². The summed E-state index contributed by atoms with van der Waals surface area (Å²) >= 11 is 0. The highest BCUT2D eigenvalue weighted by atomic mass is 19.1. The van der Waals surface area contributed by atoms with Crippen LogP contribution in [0.15, 0.2) is 60.7 Å². The number of carbonyl (C=O) groups excluding carboxylic acids is 1. The molecule has 2 aromatic carbocycles. The van der Waals surface area contributed by atoms with Crippen molar-refractivity contribution in [2.24, 2.45) is 5.92 Å². The first-order valence-electron chi connectivity index (χ1n) is 14.3. The maximum absolute atomic E-state index is 13.5. The van der Waals surface area contributed by atoms with Crippen LogP contribution in [0.1, 0.15) is 30.9 Å². The van der Waals surface area contributed by atoms with Gasteiger partial charge in [0.25, 0.3) is 0 Å². The largest absolute Gasteiger partial charge is 0.486 e. The monoisotopic (exact) mass is 562 g/mol. The first-order chi connectivity index (χ1) is 20.0. The molecular formula is C31H35FN4O5. The summed E-state index contributed by atoms with van der Waals surface area (Å²) in [6, 6.07) is 16.3. The molecule has 0 spiro atoms. The number of hydrogen-bond acceptors (Lipinski definition) is 8. The summed E-state index contributed by atoms with van der Waals surface area (Å²) in [5.74, 6) is 2.24. The number of amides is 1. The van der Waals surface area contributed by atoms with Crippen molar-refractivity contribution < 1.29 is 28.5 Å². The molecule has 0 radical (unpaired) electrons. The Morgan fingerprint density at radius 1 is 1.05 bits per heavy atom. The lowest BCUT2D eigenvalue weighted by molar-refractivity contribution is -0.126. The molecule has 0 unspecified atom stereocenters. The van der Waals surface area contributed by atoms with E-state index in [1.54, 1.807) is 18.2 Å². The maximum atomic E-state index is 13.5. The van der Waals surface area contributed by atoms with Gasteiger partial charge in [-0.3, -0.25) is 4.79 Å². The second kappa shape index (κ2) is 12.3. The van der Waals surface area contributed by atoms with Crippen LogP contribution < -0.4 is 24.4 Å². The summed E-state index contributed by atoms with van der Waals surface area (Å²) < 4.78 is 30.4. The minimum atomic E-state index is -0.894. The number of halogens is 1. The van der Waals surface area contributed by atoms with Gasteiger partial charge in [-0.05, 0) is 80.4 Å². The standard InChI is InChI=1S/C31H35FN4O5/c32-23-7-9-24(10-8-23)41-29-5-3-4-28(34-29)36-15-12-22(19-36)31(38)33-25(20-35-13-1-2-14-35)30(37)21-6-11-26-27(18-21)40-17-16-39-26/h3-11,18,22,25,30,37H,1-2,12-17,19-20H2,(H,33,38)/t22-,25-,30-/m1/s1. The molecule has 10 heteroatoms. The van der Waals surface area contributed by atoms with Gasteiger partial charge in [0.15, 0.2) is 11.5 Å². The molecule has 9 nitrogen and oxygen atoms in total. The number of likely N-dealkylation sites (tertiary alicyclic amines) is 1. The summed E-state index contributed by atoms with van der Waals surface area (Å²) in [6.45, 7) is 4.64. The number of fused-ring (bicyclic) bond motifs is 1. The molecule has 2 fully saturated rings.